The first kappa shape index (κ1) is 16.7. The molecule has 0 aliphatic rings. The lowest BCUT2D eigenvalue weighted by molar-refractivity contribution is 0.0681. The van der Waals surface area contributed by atoms with Crippen molar-refractivity contribution in [3.05, 3.63) is 46.8 Å². The van der Waals surface area contributed by atoms with Crippen molar-refractivity contribution in [2.75, 3.05) is 0 Å². The van der Waals surface area contributed by atoms with E-state index in [9.17, 15) is 14.7 Å². The van der Waals surface area contributed by atoms with Gasteiger partial charge in [0.15, 0.2) is 5.69 Å². The smallest absolute Gasteiger partial charge is 0.358 e. The number of carboxylic acid groups (broad SMARTS) is 2. The number of carbonyl (C=O) groups is 2. The topological polar surface area (TPSA) is 105 Å². The van der Waals surface area contributed by atoms with Crippen molar-refractivity contribution < 1.29 is 19.8 Å². The summed E-state index contributed by atoms with van der Waals surface area (Å²) in [7, 11) is 0. The molecule has 0 unspecified atom stereocenters. The Kier molecular flexibility index (Phi) is 5.10. The Bertz CT molecular complexity index is 720. The number of rotatable bonds is 7. The molecule has 1 aromatic heterocycles. The molecule has 0 aliphatic heterocycles. The van der Waals surface area contributed by atoms with E-state index in [2.05, 4.69) is 10.3 Å². The fourth-order valence-corrected chi connectivity index (χ4v) is 2.64. The molecule has 122 valence electrons. The zero-order valence-corrected chi connectivity index (χ0v) is 13.1. The molecular formula is C16H19N3O4. The molecular weight excluding hydrogens is 298 g/mol. The first-order valence-electron chi connectivity index (χ1n) is 7.46. The van der Waals surface area contributed by atoms with E-state index >= 15 is 0 Å². The van der Waals surface area contributed by atoms with Gasteiger partial charge in [0.05, 0.1) is 17.8 Å². The molecule has 1 heterocycles. The fraction of sp³-hybridized carbons (Fsp3) is 0.375. The Morgan fingerprint density at radius 2 is 1.87 bits per heavy atom. The maximum atomic E-state index is 11.4. The van der Waals surface area contributed by atoms with Crippen molar-refractivity contribution in [2.24, 2.45) is 0 Å². The molecule has 0 spiro atoms. The molecule has 0 bridgehead atoms. The van der Waals surface area contributed by atoms with Gasteiger partial charge in [-0.05, 0) is 30.5 Å². The highest BCUT2D eigenvalue weighted by atomic mass is 16.4. The highest BCUT2D eigenvalue weighted by Gasteiger charge is 2.24. The third kappa shape index (κ3) is 3.56. The van der Waals surface area contributed by atoms with Crippen LogP contribution in [0.15, 0.2) is 24.3 Å². The summed E-state index contributed by atoms with van der Waals surface area (Å²) in [6.07, 6.45) is 1.55. The average molecular weight is 317 g/mol. The lowest BCUT2D eigenvalue weighted by Crippen LogP contribution is -2.13. The molecule has 7 nitrogen and oxygen atoms in total. The Morgan fingerprint density at radius 1 is 1.17 bits per heavy atom. The predicted molar refractivity (Wildman–Crippen MR) is 82.8 cm³/mol. The van der Waals surface area contributed by atoms with Crippen molar-refractivity contribution in [1.29, 1.82) is 0 Å². The fourth-order valence-electron chi connectivity index (χ4n) is 2.64. The van der Waals surface area contributed by atoms with Crippen LogP contribution >= 0.6 is 0 Å². The Hall–Kier alpha value is -2.70. The van der Waals surface area contributed by atoms with Crippen molar-refractivity contribution in [3.63, 3.8) is 0 Å². The predicted octanol–water partition coefficient (Wildman–Crippen LogP) is 2.63. The SMILES string of the molecule is CCC(CC)c1c(C(=O)O)nnn1Cc1cccc(C(=O)O)c1. The summed E-state index contributed by atoms with van der Waals surface area (Å²) in [5.41, 5.74) is 1.47. The van der Waals surface area contributed by atoms with Gasteiger partial charge in [-0.2, -0.15) is 0 Å². The Balaban J connectivity index is 2.42. The zero-order chi connectivity index (χ0) is 17.0. The van der Waals surface area contributed by atoms with Crippen molar-refractivity contribution in [3.8, 4) is 0 Å². The number of aromatic nitrogens is 3. The van der Waals surface area contributed by atoms with Gasteiger partial charge in [-0.3, -0.25) is 0 Å². The van der Waals surface area contributed by atoms with E-state index in [1.165, 1.54) is 6.07 Å². The van der Waals surface area contributed by atoms with Crippen LogP contribution in [-0.2, 0) is 6.54 Å². The van der Waals surface area contributed by atoms with Crippen LogP contribution in [0.5, 0.6) is 0 Å². The summed E-state index contributed by atoms with van der Waals surface area (Å²) in [6, 6.07) is 6.51. The molecule has 0 saturated heterocycles. The number of benzene rings is 1. The molecule has 0 amide bonds. The van der Waals surface area contributed by atoms with Crippen molar-refractivity contribution in [1.82, 2.24) is 15.0 Å². The standard InChI is InChI=1S/C16H19N3O4/c1-3-11(4-2)14-13(16(22)23)17-18-19(14)9-10-6-5-7-12(8-10)15(20)21/h5-8,11H,3-4,9H2,1-2H3,(H,20,21)(H,22,23). The molecule has 1 aromatic carbocycles. The van der Waals surface area contributed by atoms with Gasteiger partial charge in [-0.1, -0.05) is 31.2 Å². The van der Waals surface area contributed by atoms with Gasteiger partial charge in [0.25, 0.3) is 0 Å². The highest BCUT2D eigenvalue weighted by Crippen LogP contribution is 2.26. The summed E-state index contributed by atoms with van der Waals surface area (Å²) < 4.78 is 1.56. The Labute approximate surface area is 133 Å². The molecule has 0 fully saturated rings. The zero-order valence-electron chi connectivity index (χ0n) is 13.1. The minimum atomic E-state index is -1.10. The minimum absolute atomic E-state index is 0.0342. The van der Waals surface area contributed by atoms with Crippen LogP contribution < -0.4 is 0 Å². The summed E-state index contributed by atoms with van der Waals surface area (Å²) in [5, 5.41) is 26.1. The van der Waals surface area contributed by atoms with Gasteiger partial charge in [0, 0.05) is 5.92 Å². The van der Waals surface area contributed by atoms with Crippen LogP contribution in [0.3, 0.4) is 0 Å². The van der Waals surface area contributed by atoms with Crippen molar-refractivity contribution >= 4 is 11.9 Å². The summed E-state index contributed by atoms with van der Waals surface area (Å²) in [5.74, 6) is -2.06. The van der Waals surface area contributed by atoms with Gasteiger partial charge in [-0.15, -0.1) is 5.10 Å². The number of hydrogen-bond acceptors (Lipinski definition) is 4. The maximum Gasteiger partial charge on any atom is 0.358 e. The molecule has 7 heteroatoms. The molecule has 0 atom stereocenters. The van der Waals surface area contributed by atoms with Gasteiger partial charge in [0.1, 0.15) is 0 Å². The van der Waals surface area contributed by atoms with E-state index in [1.807, 2.05) is 13.8 Å². The average Bonchev–Trinajstić information content (AvgIpc) is 2.93. The summed E-state index contributed by atoms with van der Waals surface area (Å²) in [4.78, 5) is 22.4. The first-order chi connectivity index (χ1) is 11.0. The van der Waals surface area contributed by atoms with Crippen LogP contribution in [0.2, 0.25) is 0 Å². The number of nitrogens with zero attached hydrogens (tertiary/aromatic N) is 3. The Morgan fingerprint density at radius 3 is 2.43 bits per heavy atom. The number of hydrogen-bond donors (Lipinski definition) is 2. The summed E-state index contributed by atoms with van der Waals surface area (Å²) in [6.45, 7) is 4.26. The van der Waals surface area contributed by atoms with E-state index in [4.69, 9.17) is 5.11 Å². The van der Waals surface area contributed by atoms with Crippen LogP contribution in [0.1, 0.15) is 64.7 Å². The van der Waals surface area contributed by atoms with E-state index in [0.717, 1.165) is 18.4 Å². The monoisotopic (exact) mass is 317 g/mol. The quantitative estimate of drug-likeness (QED) is 0.813. The van der Waals surface area contributed by atoms with Crippen LogP contribution in [0.4, 0.5) is 0 Å². The minimum Gasteiger partial charge on any atom is -0.478 e. The second kappa shape index (κ2) is 7.04. The molecule has 0 saturated carbocycles. The maximum absolute atomic E-state index is 11.4. The van der Waals surface area contributed by atoms with Gasteiger partial charge in [0.2, 0.25) is 0 Å². The van der Waals surface area contributed by atoms with Crippen LogP contribution in [-0.4, -0.2) is 37.1 Å². The molecule has 23 heavy (non-hydrogen) atoms. The largest absolute Gasteiger partial charge is 0.478 e. The molecule has 0 radical (unpaired) electrons. The molecule has 2 N–H and O–H groups in total. The first-order valence-corrected chi connectivity index (χ1v) is 7.46. The molecule has 2 aromatic rings. The van der Waals surface area contributed by atoms with Crippen LogP contribution in [0.25, 0.3) is 0 Å². The summed E-state index contributed by atoms with van der Waals surface area (Å²) >= 11 is 0. The number of aromatic carboxylic acids is 2. The highest BCUT2D eigenvalue weighted by molar-refractivity contribution is 5.88. The van der Waals surface area contributed by atoms with Gasteiger partial charge < -0.3 is 10.2 Å². The molecule has 0 aliphatic carbocycles. The normalized spacial score (nSPS) is 10.9. The second-order valence-corrected chi connectivity index (χ2v) is 5.31. The second-order valence-electron chi connectivity index (χ2n) is 5.31. The lowest BCUT2D eigenvalue weighted by Gasteiger charge is -2.15. The number of carboxylic acids is 2. The lowest BCUT2D eigenvalue weighted by atomic mass is 9.97. The van der Waals surface area contributed by atoms with Gasteiger partial charge in [-0.25, -0.2) is 14.3 Å². The van der Waals surface area contributed by atoms with Gasteiger partial charge >= 0.3 is 11.9 Å². The van der Waals surface area contributed by atoms with E-state index in [0.29, 0.717) is 5.69 Å². The van der Waals surface area contributed by atoms with Crippen molar-refractivity contribution in [2.45, 2.75) is 39.2 Å². The van der Waals surface area contributed by atoms with E-state index in [1.54, 1.807) is 22.9 Å². The third-order valence-corrected chi connectivity index (χ3v) is 3.85. The van der Waals surface area contributed by atoms with E-state index < -0.39 is 11.9 Å². The third-order valence-electron chi connectivity index (χ3n) is 3.85. The van der Waals surface area contributed by atoms with Crippen LogP contribution in [0, 0.1) is 0 Å². The van der Waals surface area contributed by atoms with E-state index in [-0.39, 0.29) is 23.7 Å². The molecule has 2 rings (SSSR count).